The number of hydrogen-bond acceptors (Lipinski definition) is 5. The van der Waals surface area contributed by atoms with Crippen molar-refractivity contribution in [1.29, 1.82) is 0 Å². The highest BCUT2D eigenvalue weighted by atomic mass is 32.2. The van der Waals surface area contributed by atoms with Gasteiger partial charge in [0.2, 0.25) is 0 Å². The van der Waals surface area contributed by atoms with Gasteiger partial charge in [-0.15, -0.1) is 0 Å². The van der Waals surface area contributed by atoms with Crippen LogP contribution in [-0.4, -0.2) is 33.2 Å². The van der Waals surface area contributed by atoms with E-state index in [-0.39, 0.29) is 6.16 Å². The van der Waals surface area contributed by atoms with Crippen LogP contribution in [0.3, 0.4) is 0 Å². The van der Waals surface area contributed by atoms with Crippen molar-refractivity contribution in [3.63, 3.8) is 0 Å². The molecule has 0 spiro atoms. The molecule has 0 unspecified atom stereocenters. The first kappa shape index (κ1) is 24.6. The summed E-state index contributed by atoms with van der Waals surface area (Å²) in [4.78, 5) is 26.4. The third kappa shape index (κ3) is 22.6. The van der Waals surface area contributed by atoms with Gasteiger partial charge >= 0.3 is 7.94 Å². The lowest BCUT2D eigenvalue weighted by Crippen LogP contribution is -1.98. The van der Waals surface area contributed by atoms with Gasteiger partial charge in [-0.1, -0.05) is 90.4 Å². The SMILES string of the molecule is CCCCCCCCCCCCCCCCOSCC[P+](O)(O)O. The molecule has 0 atom stereocenters. The van der Waals surface area contributed by atoms with Gasteiger partial charge in [0, 0.05) is 0 Å². The van der Waals surface area contributed by atoms with Crippen molar-refractivity contribution in [2.75, 3.05) is 18.5 Å². The van der Waals surface area contributed by atoms with Crippen LogP contribution >= 0.6 is 20.0 Å². The molecule has 24 heavy (non-hydrogen) atoms. The largest absolute Gasteiger partial charge is 0.404 e. The average Bonchev–Trinajstić information content (AvgIpc) is 2.52. The maximum Gasteiger partial charge on any atom is 0.404 e. The smallest absolute Gasteiger partial charge is 0.315 e. The van der Waals surface area contributed by atoms with Crippen molar-refractivity contribution in [3.8, 4) is 0 Å². The average molecular weight is 384 g/mol. The highest BCUT2D eigenvalue weighted by molar-refractivity contribution is 7.95. The molecule has 0 amide bonds. The minimum Gasteiger partial charge on any atom is -0.315 e. The van der Waals surface area contributed by atoms with E-state index in [2.05, 4.69) is 6.92 Å². The predicted octanol–water partition coefficient (Wildman–Crippen LogP) is 5.87. The van der Waals surface area contributed by atoms with Crippen molar-refractivity contribution in [2.24, 2.45) is 0 Å². The molecule has 0 aromatic rings. The highest BCUT2D eigenvalue weighted by Gasteiger charge is 2.28. The van der Waals surface area contributed by atoms with Crippen molar-refractivity contribution >= 4 is 20.0 Å². The first-order chi connectivity index (χ1) is 11.6. The van der Waals surface area contributed by atoms with Gasteiger partial charge in [0.15, 0.2) is 6.16 Å². The Bertz CT molecular complexity index is 250. The Labute approximate surface area is 154 Å². The summed E-state index contributed by atoms with van der Waals surface area (Å²) in [6, 6.07) is 0. The summed E-state index contributed by atoms with van der Waals surface area (Å²) in [5.74, 6) is 0.426. The third-order valence-corrected chi connectivity index (χ3v) is 5.97. The van der Waals surface area contributed by atoms with E-state index in [0.717, 1.165) is 6.42 Å². The van der Waals surface area contributed by atoms with Crippen LogP contribution in [0.15, 0.2) is 0 Å². The van der Waals surface area contributed by atoms with Crippen molar-refractivity contribution in [3.05, 3.63) is 0 Å². The van der Waals surface area contributed by atoms with Crippen LogP contribution in [0.25, 0.3) is 0 Å². The van der Waals surface area contributed by atoms with Gasteiger partial charge in [-0.3, -0.25) is 0 Å². The van der Waals surface area contributed by atoms with Crippen LogP contribution in [0.5, 0.6) is 0 Å². The van der Waals surface area contributed by atoms with E-state index < -0.39 is 7.94 Å². The van der Waals surface area contributed by atoms with E-state index >= 15 is 0 Å². The monoisotopic (exact) mass is 383 g/mol. The predicted molar refractivity (Wildman–Crippen MR) is 107 cm³/mol. The summed E-state index contributed by atoms with van der Waals surface area (Å²) in [6.45, 7) is 2.97. The Morgan fingerprint density at radius 1 is 0.667 bits per heavy atom. The van der Waals surface area contributed by atoms with E-state index in [4.69, 9.17) is 18.9 Å². The summed E-state index contributed by atoms with van der Waals surface area (Å²) in [5.41, 5.74) is 0. The molecule has 0 rings (SSSR count). The van der Waals surface area contributed by atoms with Crippen LogP contribution in [0.2, 0.25) is 0 Å². The lowest BCUT2D eigenvalue weighted by atomic mass is 10.0. The van der Waals surface area contributed by atoms with Gasteiger partial charge in [-0.25, -0.2) is 0 Å². The lowest BCUT2D eigenvalue weighted by Gasteiger charge is -2.05. The number of hydrogen-bond donors (Lipinski definition) is 3. The summed E-state index contributed by atoms with van der Waals surface area (Å²) in [7, 11) is -3.61. The van der Waals surface area contributed by atoms with Gasteiger partial charge in [0.25, 0.3) is 0 Å². The molecule has 0 aliphatic rings. The molecule has 0 bridgehead atoms. The number of rotatable bonds is 19. The van der Waals surface area contributed by atoms with Gasteiger partial charge in [-0.05, 0) is 18.5 Å². The normalized spacial score (nSPS) is 12.0. The molecule has 0 saturated heterocycles. The van der Waals surface area contributed by atoms with Crippen LogP contribution in [0.1, 0.15) is 96.8 Å². The summed E-state index contributed by atoms with van der Waals surface area (Å²) in [5, 5.41) is 0. The molecule has 6 heteroatoms. The Morgan fingerprint density at radius 2 is 1.08 bits per heavy atom. The molecule has 0 saturated carbocycles. The maximum absolute atomic E-state index is 8.81. The molecule has 0 aromatic heterocycles. The Hall–Kier alpha value is 0.620. The second-order valence-electron chi connectivity index (χ2n) is 6.66. The molecule has 146 valence electrons. The zero-order chi connectivity index (χ0) is 17.9. The van der Waals surface area contributed by atoms with Crippen molar-refractivity contribution in [2.45, 2.75) is 96.8 Å². The fraction of sp³-hybridized carbons (Fsp3) is 1.00. The van der Waals surface area contributed by atoms with Gasteiger partial charge in [0.1, 0.15) is 0 Å². The molecule has 0 radical (unpaired) electrons. The van der Waals surface area contributed by atoms with Crippen LogP contribution in [-0.2, 0) is 4.18 Å². The van der Waals surface area contributed by atoms with Crippen molar-refractivity contribution < 1.29 is 18.9 Å². The summed E-state index contributed by atoms with van der Waals surface area (Å²) < 4.78 is 5.34. The zero-order valence-corrected chi connectivity index (χ0v) is 17.3. The first-order valence-electron chi connectivity index (χ1n) is 9.87. The first-order valence-corrected chi connectivity index (χ1v) is 12.6. The minimum atomic E-state index is -3.61. The Morgan fingerprint density at radius 3 is 1.50 bits per heavy atom. The van der Waals surface area contributed by atoms with E-state index in [0.29, 0.717) is 12.4 Å². The molecule has 4 nitrogen and oxygen atoms in total. The van der Waals surface area contributed by atoms with E-state index in [1.807, 2.05) is 0 Å². The molecule has 0 aliphatic carbocycles. The van der Waals surface area contributed by atoms with Crippen LogP contribution in [0.4, 0.5) is 0 Å². The van der Waals surface area contributed by atoms with Crippen molar-refractivity contribution in [1.82, 2.24) is 0 Å². The molecule has 0 fully saturated rings. The molecular formula is C18H40O4PS+. The molecule has 0 heterocycles. The molecule has 0 aromatic carbocycles. The Balaban J connectivity index is 3.00. The van der Waals surface area contributed by atoms with Crippen LogP contribution < -0.4 is 0 Å². The second-order valence-corrected chi connectivity index (χ2v) is 9.37. The molecular weight excluding hydrogens is 343 g/mol. The quantitative estimate of drug-likeness (QED) is 0.148. The number of unbranched alkanes of at least 4 members (excludes halogenated alkanes) is 13. The van der Waals surface area contributed by atoms with E-state index in [9.17, 15) is 0 Å². The molecule has 0 aliphatic heterocycles. The van der Waals surface area contributed by atoms with Crippen LogP contribution in [0, 0.1) is 0 Å². The minimum absolute atomic E-state index is 0.0103. The highest BCUT2D eigenvalue weighted by Crippen LogP contribution is 2.44. The second kappa shape index (κ2) is 18.4. The zero-order valence-electron chi connectivity index (χ0n) is 15.6. The summed E-state index contributed by atoms with van der Waals surface area (Å²) >= 11 is 1.21. The fourth-order valence-electron chi connectivity index (χ4n) is 2.63. The standard InChI is InChI=1S/C18H40O4PS/c1-2-3-4-5-6-7-8-9-10-11-12-13-14-15-16-22-24-18-17-23(19,20)21/h19-21H,2-18H2,1H3/q+1. The lowest BCUT2D eigenvalue weighted by molar-refractivity contribution is 0.331. The van der Waals surface area contributed by atoms with Gasteiger partial charge < -0.3 is 4.18 Å². The Kier molecular flexibility index (Phi) is 18.9. The van der Waals surface area contributed by atoms with E-state index in [1.54, 1.807) is 0 Å². The van der Waals surface area contributed by atoms with Gasteiger partial charge in [0.05, 0.1) is 12.4 Å². The summed E-state index contributed by atoms with van der Waals surface area (Å²) in [6.07, 6.45) is 18.9. The fourth-order valence-corrected chi connectivity index (χ4v) is 4.26. The third-order valence-electron chi connectivity index (χ3n) is 4.14. The molecule has 3 N–H and O–H groups in total. The van der Waals surface area contributed by atoms with Gasteiger partial charge in [-0.2, -0.15) is 14.7 Å². The van der Waals surface area contributed by atoms with E-state index in [1.165, 1.54) is 95.5 Å². The maximum atomic E-state index is 8.81. The topological polar surface area (TPSA) is 69.9 Å².